The van der Waals surface area contributed by atoms with Crippen molar-refractivity contribution in [2.24, 2.45) is 23.7 Å². The minimum absolute atomic E-state index is 0.0243. The summed E-state index contributed by atoms with van der Waals surface area (Å²) in [5.41, 5.74) is -2.78. The molecule has 0 aromatic heterocycles. The van der Waals surface area contributed by atoms with Crippen molar-refractivity contribution in [3.05, 3.63) is 59.7 Å². The number of carboxylic acid groups (broad SMARTS) is 2. The van der Waals surface area contributed by atoms with Crippen molar-refractivity contribution < 1.29 is 38.7 Å². The minimum atomic E-state index is -2.12. The molecular formula is C52H82O8. The third-order valence-electron chi connectivity index (χ3n) is 13.8. The van der Waals surface area contributed by atoms with E-state index in [1.807, 2.05) is 62.4 Å². The molecule has 0 spiro atoms. The number of rotatable bonds is 31. The molecule has 0 heterocycles. The molecule has 8 nitrogen and oxygen atoms in total. The van der Waals surface area contributed by atoms with Crippen molar-refractivity contribution in [2.45, 2.75) is 206 Å². The summed E-state index contributed by atoms with van der Waals surface area (Å²) in [6, 6.07) is 15.0. The maximum absolute atomic E-state index is 13.3. The molecule has 8 heteroatoms. The van der Waals surface area contributed by atoms with Crippen LogP contribution in [-0.4, -0.2) is 46.6 Å². The highest BCUT2D eigenvalue weighted by Gasteiger charge is 2.63. The number of carboxylic acids is 2. The van der Waals surface area contributed by atoms with Gasteiger partial charge in [-0.1, -0.05) is 168 Å². The van der Waals surface area contributed by atoms with Gasteiger partial charge in [0.15, 0.2) is 0 Å². The van der Waals surface area contributed by atoms with Crippen molar-refractivity contribution in [3.63, 3.8) is 0 Å². The van der Waals surface area contributed by atoms with Crippen LogP contribution in [0.1, 0.15) is 193 Å². The second-order valence-corrected chi connectivity index (χ2v) is 18.4. The maximum Gasteiger partial charge on any atom is 0.339 e. The summed E-state index contributed by atoms with van der Waals surface area (Å²) < 4.78 is 24.8. The topological polar surface area (TPSA) is 112 Å². The van der Waals surface area contributed by atoms with Gasteiger partial charge in [0.2, 0.25) is 11.2 Å². The third kappa shape index (κ3) is 15.4. The van der Waals surface area contributed by atoms with Gasteiger partial charge in [-0.3, -0.25) is 0 Å². The lowest BCUT2D eigenvalue weighted by molar-refractivity contribution is -0.240. The Labute approximate surface area is 363 Å². The molecule has 0 bridgehead atoms. The molecule has 2 saturated carbocycles. The molecular weight excluding hydrogens is 753 g/mol. The molecule has 0 amide bonds. The molecule has 0 saturated heterocycles. The Morgan fingerprint density at radius 1 is 0.483 bits per heavy atom. The molecule has 60 heavy (non-hydrogen) atoms. The van der Waals surface area contributed by atoms with E-state index in [1.165, 1.54) is 116 Å². The standard InChI is InChI=1S/C52H82O8/c1-5-9-11-15-41-19-23-43(24-20-41)17-13-37-57-47-31-27-45(28-32-47)39-59-51(35-7-3,49(53)54)52(36-8-4,50(55)56)60-40-46-29-33-48(34-30-46)58-38-14-18-44-25-21-42(22-26-44)16-12-10-6-2/h27-34,41-44H,5-26,35-40H2,1-4H3,(H,53,54)(H,55,56)/t41?,42?,43?,44?,51-,52-/m0/s1. The highest BCUT2D eigenvalue weighted by molar-refractivity contribution is 5.91. The SMILES string of the molecule is CCCCCC1CCC(CCCOc2ccc(CO[C@@](CCC)(C(=O)O)[C@@](CCC)(OCc3ccc(OCCCC4CCC(CCCCC)CC4)cc3)C(=O)O)cc2)CC1. The number of carbonyl (C=O) groups is 2. The molecule has 2 aromatic carbocycles. The smallest absolute Gasteiger partial charge is 0.339 e. The molecule has 2 N–H and O–H groups in total. The van der Waals surface area contributed by atoms with Gasteiger partial charge in [-0.25, -0.2) is 9.59 Å². The van der Waals surface area contributed by atoms with E-state index >= 15 is 0 Å². The highest BCUT2D eigenvalue weighted by atomic mass is 16.6. The number of hydrogen-bond acceptors (Lipinski definition) is 6. The summed E-state index contributed by atoms with van der Waals surface area (Å²) in [4.78, 5) is 26.6. The largest absolute Gasteiger partial charge is 0.494 e. The quantitative estimate of drug-likeness (QED) is 0.0722. The van der Waals surface area contributed by atoms with Crippen molar-refractivity contribution >= 4 is 11.9 Å². The fourth-order valence-electron chi connectivity index (χ4n) is 10.1. The van der Waals surface area contributed by atoms with Gasteiger partial charge in [0.25, 0.3) is 0 Å². The molecule has 2 aliphatic rings. The third-order valence-corrected chi connectivity index (χ3v) is 13.8. The van der Waals surface area contributed by atoms with Gasteiger partial charge < -0.3 is 29.2 Å². The van der Waals surface area contributed by atoms with Crippen LogP contribution in [0.4, 0.5) is 0 Å². The van der Waals surface area contributed by atoms with E-state index in [-0.39, 0.29) is 26.1 Å². The Hall–Kier alpha value is -3.10. The summed E-state index contributed by atoms with van der Waals surface area (Å²) in [5.74, 6) is 2.31. The Bertz CT molecular complexity index is 1350. The zero-order valence-corrected chi connectivity index (χ0v) is 38.1. The molecule has 0 radical (unpaired) electrons. The van der Waals surface area contributed by atoms with Gasteiger partial charge >= 0.3 is 11.9 Å². The normalized spacial score (nSPS) is 21.5. The van der Waals surface area contributed by atoms with Crippen LogP contribution in [0.2, 0.25) is 0 Å². The van der Waals surface area contributed by atoms with Crippen LogP contribution in [0, 0.1) is 23.7 Å². The first kappa shape index (κ1) is 49.6. The highest BCUT2D eigenvalue weighted by Crippen LogP contribution is 2.41. The molecule has 2 fully saturated rings. The Balaban J connectivity index is 1.27. The maximum atomic E-state index is 13.3. The number of benzene rings is 2. The fourth-order valence-corrected chi connectivity index (χ4v) is 10.1. The number of ether oxygens (including phenoxy) is 4. The van der Waals surface area contributed by atoms with Crippen LogP contribution in [-0.2, 0) is 32.3 Å². The van der Waals surface area contributed by atoms with Crippen LogP contribution in [0.3, 0.4) is 0 Å². The fraction of sp³-hybridized carbons (Fsp3) is 0.731. The van der Waals surface area contributed by atoms with Crippen molar-refractivity contribution in [1.29, 1.82) is 0 Å². The molecule has 2 aliphatic carbocycles. The van der Waals surface area contributed by atoms with Crippen molar-refractivity contribution in [2.75, 3.05) is 13.2 Å². The Morgan fingerprint density at radius 3 is 1.08 bits per heavy atom. The first-order chi connectivity index (χ1) is 29.2. The lowest BCUT2D eigenvalue weighted by Crippen LogP contribution is -2.66. The van der Waals surface area contributed by atoms with Crippen LogP contribution >= 0.6 is 0 Å². The second kappa shape index (κ2) is 27.1. The summed E-state index contributed by atoms with van der Waals surface area (Å²) in [5, 5.41) is 21.7. The minimum Gasteiger partial charge on any atom is -0.494 e. The molecule has 0 aliphatic heterocycles. The molecule has 2 atom stereocenters. The van der Waals surface area contributed by atoms with Crippen LogP contribution < -0.4 is 9.47 Å². The summed E-state index contributed by atoms with van der Waals surface area (Å²) >= 11 is 0. The monoisotopic (exact) mass is 835 g/mol. The lowest BCUT2D eigenvalue weighted by atomic mass is 9.75. The Kier molecular flexibility index (Phi) is 22.4. The molecule has 0 unspecified atom stereocenters. The second-order valence-electron chi connectivity index (χ2n) is 18.4. The number of hydrogen-bond donors (Lipinski definition) is 2. The Morgan fingerprint density at radius 2 is 0.800 bits per heavy atom. The van der Waals surface area contributed by atoms with Gasteiger partial charge in [0.05, 0.1) is 26.4 Å². The predicted molar refractivity (Wildman–Crippen MR) is 242 cm³/mol. The van der Waals surface area contributed by atoms with Crippen LogP contribution in [0.15, 0.2) is 48.5 Å². The summed E-state index contributed by atoms with van der Waals surface area (Å²) in [6.45, 7) is 9.39. The van der Waals surface area contributed by atoms with E-state index < -0.39 is 23.1 Å². The van der Waals surface area contributed by atoms with E-state index in [1.54, 1.807) is 0 Å². The average molecular weight is 835 g/mol. The number of aliphatic carboxylic acids is 2. The van der Waals surface area contributed by atoms with Gasteiger partial charge in [0, 0.05) is 0 Å². The lowest BCUT2D eigenvalue weighted by Gasteiger charge is -2.44. The average Bonchev–Trinajstić information content (AvgIpc) is 3.26. The summed E-state index contributed by atoms with van der Waals surface area (Å²) in [7, 11) is 0. The number of unbranched alkanes of at least 4 members (excludes halogenated alkanes) is 4. The van der Waals surface area contributed by atoms with Crippen LogP contribution in [0.5, 0.6) is 11.5 Å². The van der Waals surface area contributed by atoms with E-state index in [4.69, 9.17) is 18.9 Å². The first-order valence-corrected chi connectivity index (χ1v) is 24.4. The zero-order chi connectivity index (χ0) is 43.1. The van der Waals surface area contributed by atoms with Crippen molar-refractivity contribution in [1.82, 2.24) is 0 Å². The van der Waals surface area contributed by atoms with Crippen LogP contribution in [0.25, 0.3) is 0 Å². The first-order valence-electron chi connectivity index (χ1n) is 24.4. The van der Waals surface area contributed by atoms with Gasteiger partial charge in [-0.2, -0.15) is 0 Å². The van der Waals surface area contributed by atoms with Crippen molar-refractivity contribution in [3.8, 4) is 11.5 Å². The van der Waals surface area contributed by atoms with E-state index in [0.717, 1.165) is 59.1 Å². The van der Waals surface area contributed by atoms with Gasteiger partial charge in [-0.15, -0.1) is 0 Å². The molecule has 338 valence electrons. The van der Waals surface area contributed by atoms with E-state index in [2.05, 4.69) is 13.8 Å². The van der Waals surface area contributed by atoms with Gasteiger partial charge in [-0.05, 0) is 97.6 Å². The molecule has 4 rings (SSSR count). The van der Waals surface area contributed by atoms with E-state index in [0.29, 0.717) is 26.1 Å². The van der Waals surface area contributed by atoms with Gasteiger partial charge in [0.1, 0.15) is 11.5 Å². The molecule has 2 aromatic rings. The summed E-state index contributed by atoms with van der Waals surface area (Å²) in [6.07, 6.45) is 27.0. The van der Waals surface area contributed by atoms with E-state index in [9.17, 15) is 19.8 Å². The zero-order valence-electron chi connectivity index (χ0n) is 38.1. The predicted octanol–water partition coefficient (Wildman–Crippen LogP) is 13.8.